The number of ether oxygens (including phenoxy) is 2. The summed E-state index contributed by atoms with van der Waals surface area (Å²) in [6, 6.07) is 30.5. The molecule has 0 amide bonds. The summed E-state index contributed by atoms with van der Waals surface area (Å²) >= 11 is 1.41. The van der Waals surface area contributed by atoms with E-state index >= 15 is 0 Å². The van der Waals surface area contributed by atoms with Gasteiger partial charge in [-0.15, -0.1) is 11.3 Å². The Hall–Kier alpha value is -4.49. The number of benzene rings is 4. The number of fused-ring (bicyclic) bond motifs is 1. The summed E-state index contributed by atoms with van der Waals surface area (Å²) in [6.45, 7) is 0.863. The Morgan fingerprint density at radius 2 is 1.44 bits per heavy atom. The number of hydrogen-bond donors (Lipinski definition) is 0. The molecule has 0 saturated carbocycles. The molecule has 0 spiro atoms. The number of nitrogens with zero attached hydrogens (tertiary/aromatic N) is 2. The van der Waals surface area contributed by atoms with Crippen LogP contribution in [0.3, 0.4) is 0 Å². The quantitative estimate of drug-likeness (QED) is 0.156. The lowest BCUT2D eigenvalue weighted by Gasteiger charge is -2.14. The van der Waals surface area contributed by atoms with E-state index in [9.17, 15) is 10.1 Å². The maximum atomic E-state index is 11.0. The van der Waals surface area contributed by atoms with Gasteiger partial charge in [-0.2, -0.15) is 0 Å². The van der Waals surface area contributed by atoms with Gasteiger partial charge in [0.1, 0.15) is 18.2 Å². The third-order valence-corrected chi connectivity index (χ3v) is 6.44. The molecule has 4 aromatic carbocycles. The zero-order valence-electron chi connectivity index (χ0n) is 19.2. The van der Waals surface area contributed by atoms with Crippen molar-refractivity contribution in [2.75, 3.05) is 0 Å². The van der Waals surface area contributed by atoms with Crippen molar-refractivity contribution in [2.24, 2.45) is 0 Å². The summed E-state index contributed by atoms with van der Waals surface area (Å²) < 4.78 is 13.0. The minimum Gasteiger partial charge on any atom is -0.485 e. The smallest absolute Gasteiger partial charge is 0.270 e. The zero-order valence-corrected chi connectivity index (χ0v) is 20.1. The third-order valence-electron chi connectivity index (χ3n) is 5.46. The number of thiazole rings is 1. The zero-order chi connectivity index (χ0) is 24.7. The Labute approximate surface area is 212 Å². The van der Waals surface area contributed by atoms with Crippen molar-refractivity contribution in [3.05, 3.63) is 129 Å². The summed E-state index contributed by atoms with van der Waals surface area (Å²) in [5.74, 6) is 1.32. The van der Waals surface area contributed by atoms with E-state index in [4.69, 9.17) is 9.47 Å². The van der Waals surface area contributed by atoms with Gasteiger partial charge in [0.25, 0.3) is 5.69 Å². The normalized spacial score (nSPS) is 11.1. The van der Waals surface area contributed by atoms with Gasteiger partial charge < -0.3 is 9.47 Å². The van der Waals surface area contributed by atoms with Crippen LogP contribution in [0.4, 0.5) is 5.69 Å². The first-order valence-electron chi connectivity index (χ1n) is 11.3. The van der Waals surface area contributed by atoms with Crippen LogP contribution in [0.15, 0.2) is 97.1 Å². The Balaban J connectivity index is 1.37. The van der Waals surface area contributed by atoms with Crippen LogP contribution in [0.5, 0.6) is 11.5 Å². The maximum Gasteiger partial charge on any atom is 0.270 e. The molecule has 178 valence electrons. The number of nitro benzene ring substituents is 1. The molecule has 0 saturated heterocycles. The first kappa shape index (κ1) is 23.3. The van der Waals surface area contributed by atoms with E-state index < -0.39 is 4.92 Å². The van der Waals surface area contributed by atoms with Crippen LogP contribution in [0, 0.1) is 10.1 Å². The molecule has 0 aliphatic rings. The second-order valence-corrected chi connectivity index (χ2v) is 9.11. The van der Waals surface area contributed by atoms with Crippen molar-refractivity contribution < 1.29 is 14.4 Å². The first-order valence-corrected chi connectivity index (χ1v) is 12.2. The highest BCUT2D eigenvalue weighted by Gasteiger charge is 2.10. The van der Waals surface area contributed by atoms with Crippen LogP contribution in [0.25, 0.3) is 22.4 Å². The highest BCUT2D eigenvalue weighted by molar-refractivity contribution is 7.19. The second-order valence-electron chi connectivity index (χ2n) is 8.05. The molecule has 0 bridgehead atoms. The lowest BCUT2D eigenvalue weighted by molar-refractivity contribution is -0.384. The van der Waals surface area contributed by atoms with Gasteiger partial charge in [-0.25, -0.2) is 4.98 Å². The highest BCUT2D eigenvalue weighted by Crippen LogP contribution is 2.32. The summed E-state index contributed by atoms with van der Waals surface area (Å²) in [4.78, 5) is 15.2. The molecule has 0 unspecified atom stereocenters. The molecular formula is C29H22N2O4S. The molecule has 1 heterocycles. The predicted octanol–water partition coefficient (Wildman–Crippen LogP) is 7.53. The van der Waals surface area contributed by atoms with Gasteiger partial charge in [0, 0.05) is 12.1 Å². The fraction of sp³-hybridized carbons (Fsp3) is 0.0690. The van der Waals surface area contributed by atoms with E-state index in [-0.39, 0.29) is 5.69 Å². The molecule has 7 heteroatoms. The van der Waals surface area contributed by atoms with Gasteiger partial charge in [-0.1, -0.05) is 72.8 Å². The SMILES string of the molecule is O=[N+]([O-])c1ccc2nc(C=Cc3ccc(OCc4ccccc4)c(OCc4ccccc4)c3)sc2c1. The molecule has 0 N–H and O–H groups in total. The average Bonchev–Trinajstić information content (AvgIpc) is 3.33. The van der Waals surface area contributed by atoms with Crippen LogP contribution in [-0.2, 0) is 13.2 Å². The molecule has 6 nitrogen and oxygen atoms in total. The van der Waals surface area contributed by atoms with E-state index in [1.807, 2.05) is 91.0 Å². The van der Waals surface area contributed by atoms with Gasteiger partial charge in [0.2, 0.25) is 0 Å². The molecule has 5 rings (SSSR count). The molecule has 5 aromatic rings. The fourth-order valence-electron chi connectivity index (χ4n) is 3.61. The van der Waals surface area contributed by atoms with E-state index in [1.165, 1.54) is 17.4 Å². The Morgan fingerprint density at radius 3 is 2.11 bits per heavy atom. The largest absolute Gasteiger partial charge is 0.485 e. The molecular weight excluding hydrogens is 472 g/mol. The lowest BCUT2D eigenvalue weighted by atomic mass is 10.2. The standard InChI is InChI=1S/C29H22N2O4S/c32-31(33)24-13-14-25-28(18-24)36-29(30-25)16-12-21-11-15-26(34-19-22-7-3-1-4-8-22)27(17-21)35-20-23-9-5-2-6-10-23/h1-18H,19-20H2. The Kier molecular flexibility index (Phi) is 7.00. The van der Waals surface area contributed by atoms with Gasteiger partial charge in [-0.05, 0) is 41.0 Å². The van der Waals surface area contributed by atoms with Crippen LogP contribution in [0.2, 0.25) is 0 Å². The summed E-state index contributed by atoms with van der Waals surface area (Å²) in [7, 11) is 0. The van der Waals surface area contributed by atoms with Crippen molar-refractivity contribution >= 4 is 39.4 Å². The van der Waals surface area contributed by atoms with Crippen molar-refractivity contribution in [3.63, 3.8) is 0 Å². The predicted molar refractivity (Wildman–Crippen MR) is 143 cm³/mol. The lowest BCUT2D eigenvalue weighted by Crippen LogP contribution is -2.00. The molecule has 0 radical (unpaired) electrons. The maximum absolute atomic E-state index is 11.0. The van der Waals surface area contributed by atoms with Gasteiger partial charge in [0.15, 0.2) is 11.5 Å². The minimum atomic E-state index is -0.396. The van der Waals surface area contributed by atoms with E-state index in [0.29, 0.717) is 24.7 Å². The minimum absolute atomic E-state index is 0.0629. The van der Waals surface area contributed by atoms with Crippen LogP contribution in [-0.4, -0.2) is 9.91 Å². The topological polar surface area (TPSA) is 74.5 Å². The van der Waals surface area contributed by atoms with Crippen molar-refractivity contribution in [1.29, 1.82) is 0 Å². The Morgan fingerprint density at radius 1 is 0.778 bits per heavy atom. The Bertz CT molecular complexity index is 1510. The molecule has 0 atom stereocenters. The van der Waals surface area contributed by atoms with Crippen LogP contribution < -0.4 is 9.47 Å². The van der Waals surface area contributed by atoms with Crippen LogP contribution in [0.1, 0.15) is 21.7 Å². The van der Waals surface area contributed by atoms with E-state index in [0.717, 1.165) is 31.9 Å². The van der Waals surface area contributed by atoms with Crippen molar-refractivity contribution in [2.45, 2.75) is 13.2 Å². The molecule has 0 aliphatic carbocycles. The number of rotatable bonds is 9. The third kappa shape index (κ3) is 5.76. The first-order chi connectivity index (χ1) is 17.6. The number of nitro groups is 1. The summed E-state index contributed by atoms with van der Waals surface area (Å²) in [5.41, 5.74) is 3.87. The summed E-state index contributed by atoms with van der Waals surface area (Å²) in [6.07, 6.45) is 3.85. The number of aromatic nitrogens is 1. The van der Waals surface area contributed by atoms with Crippen molar-refractivity contribution in [3.8, 4) is 11.5 Å². The van der Waals surface area contributed by atoms with Crippen LogP contribution >= 0.6 is 11.3 Å². The fourth-order valence-corrected chi connectivity index (χ4v) is 4.52. The molecule has 0 aliphatic heterocycles. The average molecular weight is 495 g/mol. The highest BCUT2D eigenvalue weighted by atomic mass is 32.1. The van der Waals surface area contributed by atoms with E-state index in [2.05, 4.69) is 4.98 Å². The number of hydrogen-bond acceptors (Lipinski definition) is 6. The van der Waals surface area contributed by atoms with Gasteiger partial charge >= 0.3 is 0 Å². The van der Waals surface area contributed by atoms with Gasteiger partial charge in [-0.3, -0.25) is 10.1 Å². The van der Waals surface area contributed by atoms with Gasteiger partial charge in [0.05, 0.1) is 15.1 Å². The molecule has 36 heavy (non-hydrogen) atoms. The number of non-ortho nitro benzene ring substituents is 1. The second kappa shape index (κ2) is 10.8. The molecule has 1 aromatic heterocycles. The molecule has 0 fully saturated rings. The summed E-state index contributed by atoms with van der Waals surface area (Å²) in [5, 5.41) is 11.8. The van der Waals surface area contributed by atoms with E-state index in [1.54, 1.807) is 12.1 Å². The monoisotopic (exact) mass is 494 g/mol. The van der Waals surface area contributed by atoms with Crippen molar-refractivity contribution in [1.82, 2.24) is 4.98 Å².